The Morgan fingerprint density at radius 1 is 1.35 bits per heavy atom. The second-order valence-corrected chi connectivity index (χ2v) is 5.32. The van der Waals surface area contributed by atoms with Crippen LogP contribution in [0, 0.1) is 6.92 Å². The number of methoxy groups -OCH3 is 1. The second-order valence-electron chi connectivity index (χ2n) is 5.32. The van der Waals surface area contributed by atoms with Gasteiger partial charge in [-0.05, 0) is 24.6 Å². The minimum Gasteiger partial charge on any atom is -0.493 e. The van der Waals surface area contributed by atoms with Gasteiger partial charge in [-0.15, -0.1) is 0 Å². The molecule has 2 heterocycles. The van der Waals surface area contributed by atoms with Crippen molar-refractivity contribution in [3.63, 3.8) is 0 Å². The van der Waals surface area contributed by atoms with E-state index in [1.54, 1.807) is 13.2 Å². The number of aromatic nitrogens is 1. The predicted octanol–water partition coefficient (Wildman–Crippen LogP) is 2.66. The van der Waals surface area contributed by atoms with E-state index < -0.39 is 0 Å². The third kappa shape index (κ3) is 3.36. The highest BCUT2D eigenvalue weighted by atomic mass is 16.5. The third-order valence-corrected chi connectivity index (χ3v) is 3.68. The molecule has 0 saturated carbocycles. The van der Waals surface area contributed by atoms with Gasteiger partial charge in [-0.3, -0.25) is 5.32 Å². The topological polar surface area (TPSA) is 72.5 Å². The van der Waals surface area contributed by atoms with Gasteiger partial charge in [0.25, 0.3) is 0 Å². The van der Waals surface area contributed by atoms with Crippen molar-refractivity contribution in [1.82, 2.24) is 10.3 Å². The van der Waals surface area contributed by atoms with Crippen LogP contribution in [0.15, 0.2) is 30.3 Å². The Balaban J connectivity index is 1.65. The number of pyridine rings is 1. The van der Waals surface area contributed by atoms with Crippen LogP contribution in [-0.2, 0) is 13.0 Å². The van der Waals surface area contributed by atoms with Gasteiger partial charge < -0.3 is 14.8 Å². The zero-order valence-corrected chi connectivity index (χ0v) is 13.2. The molecule has 6 nitrogen and oxygen atoms in total. The number of para-hydroxylation sites is 1. The number of ether oxygens (including phenoxy) is 2. The average molecular weight is 313 g/mol. The number of nitrogens with zero attached hydrogens (tertiary/aromatic N) is 1. The molecule has 2 N–H and O–H groups in total. The van der Waals surface area contributed by atoms with E-state index in [9.17, 15) is 4.79 Å². The highest BCUT2D eigenvalue weighted by Gasteiger charge is 2.16. The van der Waals surface area contributed by atoms with Crippen molar-refractivity contribution in [1.29, 1.82) is 0 Å². The summed E-state index contributed by atoms with van der Waals surface area (Å²) in [5.74, 6) is 1.81. The Labute approximate surface area is 134 Å². The maximum absolute atomic E-state index is 12.1. The number of carbonyl (C=O) groups excluding carboxylic acids is 1. The minimum atomic E-state index is -0.336. The fourth-order valence-corrected chi connectivity index (χ4v) is 2.55. The van der Waals surface area contributed by atoms with E-state index in [4.69, 9.17) is 9.47 Å². The second kappa shape index (κ2) is 6.56. The van der Waals surface area contributed by atoms with Crippen molar-refractivity contribution in [2.45, 2.75) is 19.9 Å². The number of amides is 2. The lowest BCUT2D eigenvalue weighted by atomic mass is 10.1. The number of benzene rings is 1. The van der Waals surface area contributed by atoms with Crippen LogP contribution in [0.4, 0.5) is 10.6 Å². The van der Waals surface area contributed by atoms with E-state index in [-0.39, 0.29) is 6.03 Å². The molecule has 6 heteroatoms. The van der Waals surface area contributed by atoms with E-state index in [1.165, 1.54) is 5.56 Å². The van der Waals surface area contributed by atoms with Gasteiger partial charge in [0.05, 0.1) is 13.7 Å². The van der Waals surface area contributed by atoms with E-state index in [1.807, 2.05) is 31.2 Å². The Bertz CT molecular complexity index is 731. The number of anilines is 1. The quantitative estimate of drug-likeness (QED) is 0.910. The summed E-state index contributed by atoms with van der Waals surface area (Å²) in [6, 6.07) is 9.25. The first-order chi connectivity index (χ1) is 11.2. The lowest BCUT2D eigenvalue weighted by Crippen LogP contribution is -2.29. The number of nitrogens with one attached hydrogen (secondary N) is 2. The molecule has 1 aliphatic heterocycles. The van der Waals surface area contributed by atoms with Gasteiger partial charge in [0.2, 0.25) is 0 Å². The standard InChI is InChI=1S/C17H19N3O3/c1-11-6-7-14(22-2)16(19-11)20-17(21)18-10-13-5-3-4-12-8-9-23-15(12)13/h3-7H,8-10H2,1-2H3,(H2,18,19,20,21). The molecule has 0 bridgehead atoms. The average Bonchev–Trinajstić information content (AvgIpc) is 3.02. The van der Waals surface area contributed by atoms with Gasteiger partial charge in [-0.2, -0.15) is 0 Å². The third-order valence-electron chi connectivity index (χ3n) is 3.68. The van der Waals surface area contributed by atoms with Crippen LogP contribution < -0.4 is 20.1 Å². The lowest BCUT2D eigenvalue weighted by molar-refractivity contribution is 0.251. The van der Waals surface area contributed by atoms with Gasteiger partial charge in [-0.1, -0.05) is 18.2 Å². The first-order valence-corrected chi connectivity index (χ1v) is 7.47. The fraction of sp³-hybridized carbons (Fsp3) is 0.294. The molecule has 0 spiro atoms. The molecule has 1 aromatic carbocycles. The van der Waals surface area contributed by atoms with Gasteiger partial charge in [0.15, 0.2) is 11.6 Å². The van der Waals surface area contributed by atoms with Crippen molar-refractivity contribution in [2.75, 3.05) is 19.0 Å². The molecule has 2 amide bonds. The molecule has 0 saturated heterocycles. The molecular formula is C17H19N3O3. The van der Waals surface area contributed by atoms with Crippen LogP contribution in [0.5, 0.6) is 11.5 Å². The van der Waals surface area contributed by atoms with E-state index in [2.05, 4.69) is 15.6 Å². The Morgan fingerprint density at radius 2 is 2.22 bits per heavy atom. The molecule has 1 aliphatic rings. The minimum absolute atomic E-state index is 0.336. The molecule has 0 atom stereocenters. The Kier molecular flexibility index (Phi) is 4.32. The van der Waals surface area contributed by atoms with Gasteiger partial charge >= 0.3 is 6.03 Å². The molecule has 3 rings (SSSR count). The zero-order chi connectivity index (χ0) is 16.2. The van der Waals surface area contributed by atoms with Crippen LogP contribution in [0.25, 0.3) is 0 Å². The van der Waals surface area contributed by atoms with E-state index >= 15 is 0 Å². The van der Waals surface area contributed by atoms with E-state index in [0.717, 1.165) is 23.4 Å². The molecular weight excluding hydrogens is 294 g/mol. The largest absolute Gasteiger partial charge is 0.493 e. The van der Waals surface area contributed by atoms with Gasteiger partial charge in [0.1, 0.15) is 5.75 Å². The number of fused-ring (bicyclic) bond motifs is 1. The van der Waals surface area contributed by atoms with Crippen molar-refractivity contribution in [3.05, 3.63) is 47.2 Å². The summed E-state index contributed by atoms with van der Waals surface area (Å²) in [6.45, 7) is 2.94. The monoisotopic (exact) mass is 313 g/mol. The normalized spacial score (nSPS) is 12.3. The molecule has 2 aromatic rings. The van der Waals surface area contributed by atoms with Crippen molar-refractivity contribution in [3.8, 4) is 11.5 Å². The van der Waals surface area contributed by atoms with Crippen LogP contribution in [0.1, 0.15) is 16.8 Å². The smallest absolute Gasteiger partial charge is 0.320 e. The molecule has 0 radical (unpaired) electrons. The zero-order valence-electron chi connectivity index (χ0n) is 13.2. The number of hydrogen-bond acceptors (Lipinski definition) is 4. The van der Waals surface area contributed by atoms with Gasteiger partial charge in [0, 0.05) is 24.2 Å². The molecule has 1 aromatic heterocycles. The molecule has 0 aliphatic carbocycles. The summed E-state index contributed by atoms with van der Waals surface area (Å²) in [5.41, 5.74) is 2.96. The first-order valence-electron chi connectivity index (χ1n) is 7.47. The number of aryl methyl sites for hydroxylation is 1. The summed E-state index contributed by atoms with van der Waals surface area (Å²) in [5, 5.41) is 5.54. The molecule has 23 heavy (non-hydrogen) atoms. The Hall–Kier alpha value is -2.76. The maximum atomic E-state index is 12.1. The van der Waals surface area contributed by atoms with Crippen LogP contribution in [0.3, 0.4) is 0 Å². The Morgan fingerprint density at radius 3 is 3.04 bits per heavy atom. The molecule has 120 valence electrons. The van der Waals surface area contributed by atoms with Crippen molar-refractivity contribution < 1.29 is 14.3 Å². The highest BCUT2D eigenvalue weighted by molar-refractivity contribution is 5.89. The number of carbonyl (C=O) groups is 1. The summed E-state index contributed by atoms with van der Waals surface area (Å²) in [6.07, 6.45) is 0.916. The SMILES string of the molecule is COc1ccc(C)nc1NC(=O)NCc1cccc2c1OCC2. The highest BCUT2D eigenvalue weighted by Crippen LogP contribution is 2.29. The first kappa shape index (κ1) is 15.1. The van der Waals surface area contributed by atoms with Gasteiger partial charge in [-0.25, -0.2) is 9.78 Å². The lowest BCUT2D eigenvalue weighted by Gasteiger charge is -2.12. The summed E-state index contributed by atoms with van der Waals surface area (Å²) >= 11 is 0. The number of hydrogen-bond donors (Lipinski definition) is 2. The van der Waals surface area contributed by atoms with Crippen molar-refractivity contribution in [2.24, 2.45) is 0 Å². The number of rotatable bonds is 4. The summed E-state index contributed by atoms with van der Waals surface area (Å²) in [7, 11) is 1.54. The number of urea groups is 1. The molecule has 0 fully saturated rings. The fourth-order valence-electron chi connectivity index (χ4n) is 2.55. The van der Waals surface area contributed by atoms with Crippen LogP contribution in [-0.4, -0.2) is 24.7 Å². The predicted molar refractivity (Wildman–Crippen MR) is 87.0 cm³/mol. The summed E-state index contributed by atoms with van der Waals surface area (Å²) in [4.78, 5) is 16.4. The van der Waals surface area contributed by atoms with Crippen LogP contribution in [0.2, 0.25) is 0 Å². The van der Waals surface area contributed by atoms with Crippen LogP contribution >= 0.6 is 0 Å². The molecule has 0 unspecified atom stereocenters. The summed E-state index contributed by atoms with van der Waals surface area (Å²) < 4.78 is 10.8. The van der Waals surface area contributed by atoms with E-state index in [0.29, 0.717) is 24.7 Å². The van der Waals surface area contributed by atoms with Crippen molar-refractivity contribution >= 4 is 11.8 Å². The maximum Gasteiger partial charge on any atom is 0.320 e.